The van der Waals surface area contributed by atoms with Gasteiger partial charge in [-0.3, -0.25) is 14.5 Å². The lowest BCUT2D eigenvalue weighted by molar-refractivity contribution is -0.143. The molecule has 1 saturated heterocycles. The monoisotopic (exact) mass is 344 g/mol. The predicted molar refractivity (Wildman–Crippen MR) is 90.9 cm³/mol. The highest BCUT2D eigenvalue weighted by Crippen LogP contribution is 2.20. The van der Waals surface area contributed by atoms with Gasteiger partial charge < -0.3 is 10.4 Å². The molecule has 1 heterocycles. The number of nitrogens with one attached hydrogen (secondary N) is 1. The summed E-state index contributed by atoms with van der Waals surface area (Å²) in [6.07, 6.45) is 3.22. The van der Waals surface area contributed by atoms with Gasteiger partial charge in [-0.1, -0.05) is 6.07 Å². The SMILES string of the molecule is CSc1cccc(NC(=O)CN2CCC(C(=O)O)CC2)c1.Cl. The molecule has 0 aliphatic carbocycles. The first-order chi connectivity index (χ1) is 10.1. The van der Waals surface area contributed by atoms with E-state index in [2.05, 4.69) is 5.32 Å². The zero-order chi connectivity index (χ0) is 15.2. The molecular weight excluding hydrogens is 324 g/mol. The fourth-order valence-corrected chi connectivity index (χ4v) is 2.90. The summed E-state index contributed by atoms with van der Waals surface area (Å²) in [5, 5.41) is 11.8. The van der Waals surface area contributed by atoms with E-state index in [-0.39, 0.29) is 24.2 Å². The minimum Gasteiger partial charge on any atom is -0.481 e. The van der Waals surface area contributed by atoms with Crippen molar-refractivity contribution >= 4 is 41.7 Å². The van der Waals surface area contributed by atoms with Gasteiger partial charge in [0.25, 0.3) is 0 Å². The van der Waals surface area contributed by atoms with Crippen molar-refractivity contribution < 1.29 is 14.7 Å². The van der Waals surface area contributed by atoms with Crippen molar-refractivity contribution in [2.75, 3.05) is 31.2 Å². The van der Waals surface area contributed by atoms with Crippen molar-refractivity contribution in [3.8, 4) is 0 Å². The number of carbonyl (C=O) groups excluding carboxylic acids is 1. The fraction of sp³-hybridized carbons (Fsp3) is 0.467. The van der Waals surface area contributed by atoms with Gasteiger partial charge in [0.15, 0.2) is 0 Å². The third-order valence-corrected chi connectivity index (χ3v) is 4.38. The lowest BCUT2D eigenvalue weighted by atomic mass is 9.97. The summed E-state index contributed by atoms with van der Waals surface area (Å²) < 4.78 is 0. The number of carboxylic acids is 1. The number of carboxylic acid groups (broad SMARTS) is 1. The molecule has 7 heteroatoms. The molecule has 1 fully saturated rings. The second-order valence-electron chi connectivity index (χ2n) is 5.17. The van der Waals surface area contributed by atoms with Crippen LogP contribution < -0.4 is 5.32 Å². The highest BCUT2D eigenvalue weighted by Gasteiger charge is 2.25. The summed E-state index contributed by atoms with van der Waals surface area (Å²) in [4.78, 5) is 26.0. The van der Waals surface area contributed by atoms with Crippen LogP contribution >= 0.6 is 24.2 Å². The number of benzene rings is 1. The number of thioether (sulfide) groups is 1. The standard InChI is InChI=1S/C15H20N2O3S.ClH/c1-21-13-4-2-3-12(9-13)16-14(18)10-17-7-5-11(6-8-17)15(19)20;/h2-4,9,11H,5-8,10H2,1H3,(H,16,18)(H,19,20);1H. The van der Waals surface area contributed by atoms with Crippen LogP contribution in [0.4, 0.5) is 5.69 Å². The Morgan fingerprint density at radius 1 is 1.36 bits per heavy atom. The number of amides is 1. The number of carbonyl (C=O) groups is 2. The van der Waals surface area contributed by atoms with Crippen molar-refractivity contribution in [2.45, 2.75) is 17.7 Å². The third-order valence-electron chi connectivity index (χ3n) is 3.66. The minimum atomic E-state index is -0.729. The first-order valence-corrected chi connectivity index (χ1v) is 8.20. The van der Waals surface area contributed by atoms with Gasteiger partial charge in [-0.2, -0.15) is 0 Å². The van der Waals surface area contributed by atoms with Gasteiger partial charge in [0, 0.05) is 10.6 Å². The van der Waals surface area contributed by atoms with E-state index in [0.717, 1.165) is 10.6 Å². The molecule has 2 rings (SSSR count). The number of hydrogen-bond donors (Lipinski definition) is 2. The Labute approximate surface area is 140 Å². The molecule has 0 aromatic heterocycles. The highest BCUT2D eigenvalue weighted by atomic mass is 35.5. The summed E-state index contributed by atoms with van der Waals surface area (Å²) in [6.45, 7) is 1.64. The third kappa shape index (κ3) is 5.51. The Balaban J connectivity index is 0.00000242. The number of hydrogen-bond acceptors (Lipinski definition) is 4. The van der Waals surface area contributed by atoms with E-state index in [9.17, 15) is 9.59 Å². The fourth-order valence-electron chi connectivity index (χ4n) is 2.44. The van der Waals surface area contributed by atoms with Gasteiger partial charge in [-0.05, 0) is 50.4 Å². The molecule has 1 aromatic rings. The smallest absolute Gasteiger partial charge is 0.306 e. The molecule has 1 aliphatic rings. The first-order valence-electron chi connectivity index (χ1n) is 6.97. The van der Waals surface area contributed by atoms with E-state index in [1.165, 1.54) is 0 Å². The van der Waals surface area contributed by atoms with Crippen LogP contribution in [0.1, 0.15) is 12.8 Å². The van der Waals surface area contributed by atoms with Crippen LogP contribution in [0, 0.1) is 5.92 Å². The van der Waals surface area contributed by atoms with Gasteiger partial charge in [0.05, 0.1) is 12.5 Å². The number of piperidine rings is 1. The zero-order valence-corrected chi connectivity index (χ0v) is 14.1. The Morgan fingerprint density at radius 3 is 2.64 bits per heavy atom. The molecule has 0 radical (unpaired) electrons. The summed E-state index contributed by atoms with van der Waals surface area (Å²) in [5.41, 5.74) is 0.798. The van der Waals surface area contributed by atoms with Crippen molar-refractivity contribution in [1.82, 2.24) is 4.90 Å². The van der Waals surface area contributed by atoms with Crippen LogP contribution in [0.15, 0.2) is 29.2 Å². The molecule has 122 valence electrons. The topological polar surface area (TPSA) is 69.6 Å². The number of nitrogens with zero attached hydrogens (tertiary/aromatic N) is 1. The Bertz CT molecular complexity index is 519. The van der Waals surface area contributed by atoms with Gasteiger partial charge in [0.2, 0.25) is 5.91 Å². The maximum Gasteiger partial charge on any atom is 0.306 e. The largest absolute Gasteiger partial charge is 0.481 e. The van der Waals surface area contributed by atoms with Crippen LogP contribution in [0.2, 0.25) is 0 Å². The molecular formula is C15H21ClN2O3S. The summed E-state index contributed by atoms with van der Waals surface area (Å²) in [6, 6.07) is 7.73. The van der Waals surface area contributed by atoms with Gasteiger partial charge in [0.1, 0.15) is 0 Å². The normalized spacial score (nSPS) is 15.9. The van der Waals surface area contributed by atoms with Gasteiger partial charge in [-0.15, -0.1) is 24.2 Å². The second kappa shape index (κ2) is 9.02. The minimum absolute atomic E-state index is 0. The number of likely N-dealkylation sites (tertiary alicyclic amines) is 1. The van der Waals surface area contributed by atoms with Crippen molar-refractivity contribution in [3.63, 3.8) is 0 Å². The average Bonchev–Trinajstić information content (AvgIpc) is 2.47. The van der Waals surface area contributed by atoms with E-state index in [0.29, 0.717) is 32.5 Å². The van der Waals surface area contributed by atoms with Crippen molar-refractivity contribution in [3.05, 3.63) is 24.3 Å². The molecule has 0 bridgehead atoms. The molecule has 5 nitrogen and oxygen atoms in total. The molecule has 0 spiro atoms. The summed E-state index contributed by atoms with van der Waals surface area (Å²) in [7, 11) is 0. The number of rotatable bonds is 5. The second-order valence-corrected chi connectivity index (χ2v) is 6.05. The average molecular weight is 345 g/mol. The molecule has 1 amide bonds. The maximum atomic E-state index is 12.0. The Hall–Kier alpha value is -1.24. The van der Waals surface area contributed by atoms with Crippen LogP contribution in [-0.4, -0.2) is 47.8 Å². The van der Waals surface area contributed by atoms with Gasteiger partial charge >= 0.3 is 5.97 Å². The predicted octanol–water partition coefficient (Wildman–Crippen LogP) is 2.57. The van der Waals surface area contributed by atoms with Gasteiger partial charge in [-0.25, -0.2) is 0 Å². The van der Waals surface area contributed by atoms with E-state index in [1.807, 2.05) is 35.4 Å². The van der Waals surface area contributed by atoms with E-state index in [1.54, 1.807) is 11.8 Å². The van der Waals surface area contributed by atoms with Crippen LogP contribution in [0.25, 0.3) is 0 Å². The molecule has 2 N–H and O–H groups in total. The zero-order valence-electron chi connectivity index (χ0n) is 12.4. The molecule has 0 unspecified atom stereocenters. The number of halogens is 1. The Kier molecular flexibility index (Phi) is 7.72. The molecule has 1 aliphatic heterocycles. The summed E-state index contributed by atoms with van der Waals surface area (Å²) >= 11 is 1.63. The van der Waals surface area contributed by atoms with E-state index in [4.69, 9.17) is 5.11 Å². The van der Waals surface area contributed by atoms with Crippen molar-refractivity contribution in [1.29, 1.82) is 0 Å². The molecule has 22 heavy (non-hydrogen) atoms. The Morgan fingerprint density at radius 2 is 2.05 bits per heavy atom. The van der Waals surface area contributed by atoms with E-state index < -0.39 is 5.97 Å². The quantitative estimate of drug-likeness (QED) is 0.803. The van der Waals surface area contributed by atoms with Crippen LogP contribution in [-0.2, 0) is 9.59 Å². The summed E-state index contributed by atoms with van der Waals surface area (Å²) in [5.74, 6) is -1.04. The van der Waals surface area contributed by atoms with E-state index >= 15 is 0 Å². The molecule has 0 saturated carbocycles. The van der Waals surface area contributed by atoms with Crippen molar-refractivity contribution in [2.24, 2.45) is 5.92 Å². The first kappa shape index (κ1) is 18.8. The van der Waals surface area contributed by atoms with Crippen LogP contribution in [0.3, 0.4) is 0 Å². The lowest BCUT2D eigenvalue weighted by Gasteiger charge is -2.29. The molecule has 1 aromatic carbocycles. The number of aliphatic carboxylic acids is 1. The van der Waals surface area contributed by atoms with Crippen LogP contribution in [0.5, 0.6) is 0 Å². The highest BCUT2D eigenvalue weighted by molar-refractivity contribution is 7.98. The maximum absolute atomic E-state index is 12.0. The number of anilines is 1. The molecule has 0 atom stereocenters. The lowest BCUT2D eigenvalue weighted by Crippen LogP contribution is -2.40.